The number of benzene rings is 2. The summed E-state index contributed by atoms with van der Waals surface area (Å²) in [7, 11) is -4.20. The van der Waals surface area contributed by atoms with Gasteiger partial charge in [0.2, 0.25) is 0 Å². The fourth-order valence-corrected chi connectivity index (χ4v) is 10.2. The standard InChI is InChI=1S/C31H46O3Si2/c1-30(2,3)35(7,8)32-25-23-27-22-21-26(34-27)16-15-24-33-36(31(4,5)6,28-17-11-9-12-18-28)29-19-13-10-14-20-29/h9-14,17-22H,15-16,23-25H2,1-8H3. The minimum absolute atomic E-state index is 0.00228. The lowest BCUT2D eigenvalue weighted by molar-refractivity contribution is 0.276. The molecule has 1 aromatic heterocycles. The molecule has 0 spiro atoms. The van der Waals surface area contributed by atoms with E-state index < -0.39 is 16.6 Å². The molecule has 196 valence electrons. The first-order valence-electron chi connectivity index (χ1n) is 13.3. The molecule has 2 aromatic carbocycles. The Bertz CT molecular complexity index is 1020. The molecule has 3 nitrogen and oxygen atoms in total. The Hall–Kier alpha value is -1.93. The zero-order chi connectivity index (χ0) is 26.5. The third-order valence-electron chi connectivity index (χ3n) is 7.64. The van der Waals surface area contributed by atoms with Crippen LogP contribution in [0.1, 0.15) is 59.5 Å². The first kappa shape index (κ1) is 28.6. The lowest BCUT2D eigenvalue weighted by Gasteiger charge is -2.43. The van der Waals surface area contributed by atoms with E-state index in [4.69, 9.17) is 13.3 Å². The second-order valence-corrected chi connectivity index (χ2v) is 21.5. The van der Waals surface area contributed by atoms with Crippen molar-refractivity contribution in [2.24, 2.45) is 0 Å². The molecule has 36 heavy (non-hydrogen) atoms. The molecule has 0 saturated heterocycles. The van der Waals surface area contributed by atoms with Gasteiger partial charge in [0, 0.05) is 26.1 Å². The Labute approximate surface area is 221 Å². The maximum absolute atomic E-state index is 7.01. The quantitative estimate of drug-likeness (QED) is 0.195. The third kappa shape index (κ3) is 6.68. The molecule has 0 atom stereocenters. The molecule has 0 fully saturated rings. The van der Waals surface area contributed by atoms with Gasteiger partial charge in [0.1, 0.15) is 11.5 Å². The van der Waals surface area contributed by atoms with Crippen molar-refractivity contribution in [2.75, 3.05) is 13.2 Å². The second-order valence-electron chi connectivity index (χ2n) is 12.3. The maximum Gasteiger partial charge on any atom is 0.261 e. The largest absolute Gasteiger partial charge is 0.466 e. The highest BCUT2D eigenvalue weighted by atomic mass is 28.4. The van der Waals surface area contributed by atoms with Crippen LogP contribution in [-0.4, -0.2) is 29.8 Å². The first-order valence-corrected chi connectivity index (χ1v) is 18.1. The molecule has 0 bridgehead atoms. The Morgan fingerprint density at radius 2 is 1.11 bits per heavy atom. The lowest BCUT2D eigenvalue weighted by Crippen LogP contribution is -2.66. The van der Waals surface area contributed by atoms with Gasteiger partial charge in [0.15, 0.2) is 8.32 Å². The van der Waals surface area contributed by atoms with Gasteiger partial charge in [-0.3, -0.25) is 0 Å². The van der Waals surface area contributed by atoms with Crippen molar-refractivity contribution in [1.29, 1.82) is 0 Å². The van der Waals surface area contributed by atoms with Gasteiger partial charge in [0.05, 0.1) is 0 Å². The molecule has 0 unspecified atom stereocenters. The summed E-state index contributed by atoms with van der Waals surface area (Å²) in [6.45, 7) is 19.8. The number of rotatable bonds is 11. The summed E-state index contributed by atoms with van der Waals surface area (Å²) in [5.41, 5.74) is 0. The Balaban J connectivity index is 1.63. The summed E-state index contributed by atoms with van der Waals surface area (Å²) < 4.78 is 19.5. The van der Waals surface area contributed by atoms with Crippen LogP contribution >= 0.6 is 0 Å². The number of furan rings is 1. The monoisotopic (exact) mass is 522 g/mol. The average molecular weight is 523 g/mol. The maximum atomic E-state index is 7.01. The Kier molecular flexibility index (Phi) is 9.26. The van der Waals surface area contributed by atoms with Crippen LogP contribution in [0.15, 0.2) is 77.2 Å². The van der Waals surface area contributed by atoms with Gasteiger partial charge in [-0.2, -0.15) is 0 Å². The van der Waals surface area contributed by atoms with Crippen LogP contribution in [0.5, 0.6) is 0 Å². The predicted octanol–water partition coefficient (Wildman–Crippen LogP) is 7.35. The van der Waals surface area contributed by atoms with Crippen LogP contribution in [0, 0.1) is 0 Å². The van der Waals surface area contributed by atoms with Gasteiger partial charge in [-0.25, -0.2) is 0 Å². The molecule has 0 saturated carbocycles. The van der Waals surface area contributed by atoms with Gasteiger partial charge >= 0.3 is 0 Å². The van der Waals surface area contributed by atoms with Gasteiger partial charge in [0.25, 0.3) is 8.32 Å². The van der Waals surface area contributed by atoms with Crippen LogP contribution in [0.2, 0.25) is 23.2 Å². The minimum Gasteiger partial charge on any atom is -0.466 e. The Morgan fingerprint density at radius 1 is 0.611 bits per heavy atom. The summed E-state index contributed by atoms with van der Waals surface area (Å²) in [4.78, 5) is 0. The summed E-state index contributed by atoms with van der Waals surface area (Å²) in [6, 6.07) is 25.9. The molecule has 0 amide bonds. The van der Waals surface area contributed by atoms with Crippen LogP contribution in [0.25, 0.3) is 0 Å². The van der Waals surface area contributed by atoms with E-state index in [1.165, 1.54) is 10.4 Å². The van der Waals surface area contributed by atoms with Crippen LogP contribution in [0.3, 0.4) is 0 Å². The van der Waals surface area contributed by atoms with Gasteiger partial charge in [-0.05, 0) is 52.1 Å². The van der Waals surface area contributed by atoms with Crippen molar-refractivity contribution in [3.63, 3.8) is 0 Å². The molecule has 5 heteroatoms. The highest BCUT2D eigenvalue weighted by molar-refractivity contribution is 6.99. The fraction of sp³-hybridized carbons (Fsp3) is 0.484. The number of hydrogen-bond donors (Lipinski definition) is 0. The van der Waals surface area contributed by atoms with Gasteiger partial charge < -0.3 is 13.3 Å². The van der Waals surface area contributed by atoms with E-state index in [0.717, 1.165) is 37.4 Å². The summed E-state index contributed by atoms with van der Waals surface area (Å²) >= 11 is 0. The molecule has 1 heterocycles. The number of hydrogen-bond acceptors (Lipinski definition) is 3. The van der Waals surface area contributed by atoms with Crippen LogP contribution in [-0.2, 0) is 21.7 Å². The van der Waals surface area contributed by atoms with E-state index in [1.807, 2.05) is 0 Å². The zero-order valence-corrected chi connectivity index (χ0v) is 25.7. The molecular formula is C31H46O3Si2. The van der Waals surface area contributed by atoms with Crippen molar-refractivity contribution >= 4 is 27.0 Å². The van der Waals surface area contributed by atoms with E-state index in [2.05, 4.69) is 127 Å². The van der Waals surface area contributed by atoms with Gasteiger partial charge in [-0.1, -0.05) is 102 Å². The van der Waals surface area contributed by atoms with Crippen LogP contribution < -0.4 is 10.4 Å². The van der Waals surface area contributed by atoms with E-state index in [0.29, 0.717) is 6.61 Å². The molecule has 0 aliphatic rings. The van der Waals surface area contributed by atoms with Crippen molar-refractivity contribution in [2.45, 2.75) is 84.0 Å². The topological polar surface area (TPSA) is 31.6 Å². The van der Waals surface area contributed by atoms with E-state index >= 15 is 0 Å². The van der Waals surface area contributed by atoms with E-state index in [1.54, 1.807) is 0 Å². The molecular weight excluding hydrogens is 477 g/mol. The molecule has 0 aliphatic carbocycles. The normalized spacial score (nSPS) is 13.2. The van der Waals surface area contributed by atoms with Crippen LogP contribution in [0.4, 0.5) is 0 Å². The lowest BCUT2D eigenvalue weighted by atomic mass is 10.2. The average Bonchev–Trinajstić information content (AvgIpc) is 3.26. The molecule has 3 rings (SSSR count). The summed E-state index contributed by atoms with van der Waals surface area (Å²) in [5.74, 6) is 2.04. The van der Waals surface area contributed by atoms with Gasteiger partial charge in [-0.15, -0.1) is 0 Å². The molecule has 0 aliphatic heterocycles. The second kappa shape index (κ2) is 11.6. The molecule has 0 radical (unpaired) electrons. The number of aryl methyl sites for hydroxylation is 1. The predicted molar refractivity (Wildman–Crippen MR) is 157 cm³/mol. The minimum atomic E-state index is -2.48. The zero-order valence-electron chi connectivity index (χ0n) is 23.7. The van der Waals surface area contributed by atoms with E-state index in [-0.39, 0.29) is 10.1 Å². The molecule has 0 N–H and O–H groups in total. The summed E-state index contributed by atoms with van der Waals surface area (Å²) in [6.07, 6.45) is 2.63. The van der Waals surface area contributed by atoms with E-state index in [9.17, 15) is 0 Å². The smallest absolute Gasteiger partial charge is 0.261 e. The highest BCUT2D eigenvalue weighted by Gasteiger charge is 2.49. The van der Waals surface area contributed by atoms with Crippen molar-refractivity contribution in [1.82, 2.24) is 0 Å². The first-order chi connectivity index (χ1) is 16.9. The summed E-state index contributed by atoms with van der Waals surface area (Å²) in [5, 5.41) is 2.88. The fourth-order valence-electron chi connectivity index (χ4n) is 4.55. The SMILES string of the molecule is CC(C)(C)[Si](C)(C)OCCc1ccc(CCCO[Si](c2ccccc2)(c2ccccc2)C(C)(C)C)o1. The van der Waals surface area contributed by atoms with Crippen molar-refractivity contribution < 1.29 is 13.3 Å². The molecule has 3 aromatic rings. The van der Waals surface area contributed by atoms with Crippen molar-refractivity contribution in [3.8, 4) is 0 Å². The highest BCUT2D eigenvalue weighted by Crippen LogP contribution is 2.37. The third-order valence-corrected chi connectivity index (χ3v) is 17.2. The van der Waals surface area contributed by atoms with Crippen molar-refractivity contribution in [3.05, 3.63) is 84.3 Å². The Morgan fingerprint density at radius 3 is 1.58 bits per heavy atom.